The fourth-order valence-corrected chi connectivity index (χ4v) is 3.74. The molecule has 0 N–H and O–H groups in total. The van der Waals surface area contributed by atoms with Crippen LogP contribution in [0.4, 0.5) is 0 Å². The molecule has 2 aromatic rings. The van der Waals surface area contributed by atoms with Gasteiger partial charge in [-0.05, 0) is 35.9 Å². The molecular weight excluding hydrogens is 394 g/mol. The number of carbonyl (C=O) groups excluding carboxylic acids is 1. The van der Waals surface area contributed by atoms with E-state index in [4.69, 9.17) is 26.4 Å². The number of methoxy groups -OCH3 is 1. The van der Waals surface area contributed by atoms with Crippen molar-refractivity contribution in [2.24, 2.45) is 0 Å². The van der Waals surface area contributed by atoms with E-state index in [9.17, 15) is 4.79 Å². The molecule has 0 aliphatic carbocycles. The second-order valence-corrected chi connectivity index (χ2v) is 7.69. The highest BCUT2D eigenvalue weighted by Crippen LogP contribution is 2.31. The third-order valence-electron chi connectivity index (χ3n) is 4.03. The van der Waals surface area contributed by atoms with Gasteiger partial charge < -0.3 is 14.2 Å². The van der Waals surface area contributed by atoms with Gasteiger partial charge in [0, 0.05) is 13.5 Å². The van der Waals surface area contributed by atoms with Crippen LogP contribution in [0.2, 0.25) is 0 Å². The van der Waals surface area contributed by atoms with E-state index >= 15 is 0 Å². The molecule has 1 aliphatic heterocycles. The average molecular weight is 416 g/mol. The zero-order chi connectivity index (χ0) is 19.9. The van der Waals surface area contributed by atoms with Crippen molar-refractivity contribution >= 4 is 40.3 Å². The largest absolute Gasteiger partial charge is 0.493 e. The number of hydrogen-bond acceptors (Lipinski definition) is 6. The van der Waals surface area contributed by atoms with Gasteiger partial charge in [-0.15, -0.1) is 0 Å². The molecule has 0 bridgehead atoms. The zero-order valence-electron chi connectivity index (χ0n) is 15.7. The van der Waals surface area contributed by atoms with Gasteiger partial charge in [0.15, 0.2) is 11.5 Å². The van der Waals surface area contributed by atoms with E-state index in [2.05, 4.69) is 0 Å². The second kappa shape index (κ2) is 9.61. The Morgan fingerprint density at radius 1 is 1.07 bits per heavy atom. The predicted molar refractivity (Wildman–Crippen MR) is 116 cm³/mol. The van der Waals surface area contributed by atoms with Crippen LogP contribution in [0.3, 0.4) is 0 Å². The first kappa shape index (κ1) is 20.2. The smallest absolute Gasteiger partial charge is 0.265 e. The maximum atomic E-state index is 12.1. The van der Waals surface area contributed by atoms with E-state index in [0.717, 1.165) is 23.5 Å². The Balaban J connectivity index is 1.50. The van der Waals surface area contributed by atoms with Crippen LogP contribution in [0.25, 0.3) is 6.08 Å². The minimum absolute atomic E-state index is 0.0742. The Kier molecular flexibility index (Phi) is 6.95. The Bertz CT molecular complexity index is 897. The fraction of sp³-hybridized carbons (Fsp3) is 0.238. The zero-order valence-corrected chi connectivity index (χ0v) is 17.3. The number of rotatable bonds is 8. The lowest BCUT2D eigenvalue weighted by Gasteiger charge is -2.11. The molecular formula is C21H21NO4S2. The van der Waals surface area contributed by atoms with Crippen molar-refractivity contribution in [3.05, 3.63) is 59.0 Å². The molecule has 0 saturated carbocycles. The van der Waals surface area contributed by atoms with E-state index in [0.29, 0.717) is 28.2 Å². The lowest BCUT2D eigenvalue weighted by Crippen LogP contribution is -2.22. The van der Waals surface area contributed by atoms with Gasteiger partial charge in [-0.3, -0.25) is 9.69 Å². The summed E-state index contributed by atoms with van der Waals surface area (Å²) in [6, 6.07) is 15.2. The first-order valence-corrected chi connectivity index (χ1v) is 10.0. The van der Waals surface area contributed by atoms with E-state index in [-0.39, 0.29) is 5.91 Å². The van der Waals surface area contributed by atoms with Crippen LogP contribution in [0, 0.1) is 0 Å². The van der Waals surface area contributed by atoms with Crippen molar-refractivity contribution in [1.82, 2.24) is 4.90 Å². The van der Waals surface area contributed by atoms with Gasteiger partial charge in [0.25, 0.3) is 5.91 Å². The molecule has 1 heterocycles. The van der Waals surface area contributed by atoms with Crippen LogP contribution in [0.15, 0.2) is 53.4 Å². The first-order valence-electron chi connectivity index (χ1n) is 8.78. The molecule has 1 amide bonds. The van der Waals surface area contributed by atoms with E-state index in [1.165, 1.54) is 16.7 Å². The number of hydrogen-bond donors (Lipinski definition) is 0. The summed E-state index contributed by atoms with van der Waals surface area (Å²) in [7, 11) is 3.31. The summed E-state index contributed by atoms with van der Waals surface area (Å²) >= 11 is 6.46. The molecule has 2 aromatic carbocycles. The topological polar surface area (TPSA) is 48.0 Å². The monoisotopic (exact) mass is 415 g/mol. The molecule has 1 fully saturated rings. The Labute approximate surface area is 174 Å². The first-order chi connectivity index (χ1) is 13.6. The summed E-state index contributed by atoms with van der Waals surface area (Å²) in [5.74, 6) is 2.11. The maximum Gasteiger partial charge on any atom is 0.265 e. The number of nitrogens with zero attached hydrogens (tertiary/aromatic N) is 1. The van der Waals surface area contributed by atoms with Crippen molar-refractivity contribution < 1.29 is 19.0 Å². The number of para-hydroxylation sites is 2. The molecule has 0 atom stereocenters. The molecule has 5 nitrogen and oxygen atoms in total. The molecule has 3 rings (SSSR count). The third kappa shape index (κ3) is 5.05. The Hall–Kier alpha value is -2.51. The minimum atomic E-state index is -0.0742. The lowest BCUT2D eigenvalue weighted by molar-refractivity contribution is -0.121. The van der Waals surface area contributed by atoms with Crippen LogP contribution < -0.4 is 14.2 Å². The van der Waals surface area contributed by atoms with E-state index in [1.807, 2.05) is 54.6 Å². The highest BCUT2D eigenvalue weighted by Gasteiger charge is 2.28. The van der Waals surface area contributed by atoms with Crippen LogP contribution in [0.5, 0.6) is 17.2 Å². The number of thioether (sulfide) groups is 1. The molecule has 1 aliphatic rings. The van der Waals surface area contributed by atoms with Crippen molar-refractivity contribution in [1.29, 1.82) is 0 Å². The number of thiocarbonyl (C=S) groups is 1. The Morgan fingerprint density at radius 3 is 2.54 bits per heavy atom. The normalized spacial score (nSPS) is 15.2. The number of amides is 1. The van der Waals surface area contributed by atoms with Gasteiger partial charge in [-0.1, -0.05) is 48.2 Å². The fourth-order valence-electron chi connectivity index (χ4n) is 2.56. The highest BCUT2D eigenvalue weighted by atomic mass is 32.2. The van der Waals surface area contributed by atoms with Crippen molar-refractivity contribution in [2.45, 2.75) is 6.42 Å². The number of ether oxygens (including phenoxy) is 3. The summed E-state index contributed by atoms with van der Waals surface area (Å²) in [6.07, 6.45) is 2.57. The molecule has 0 radical (unpaired) electrons. The van der Waals surface area contributed by atoms with Crippen LogP contribution in [0.1, 0.15) is 12.0 Å². The summed E-state index contributed by atoms with van der Waals surface area (Å²) in [4.78, 5) is 14.2. The standard InChI is InChI=1S/C21H21NO4S2/c1-22-20(23)19(28-21(22)27)14-15-7-5-8-16(13-15)25-11-6-12-26-18-10-4-3-9-17(18)24-2/h3-5,7-10,13-14H,6,11-12H2,1-2H3/b19-14+. The van der Waals surface area contributed by atoms with Gasteiger partial charge in [-0.2, -0.15) is 0 Å². The highest BCUT2D eigenvalue weighted by molar-refractivity contribution is 8.26. The second-order valence-electron chi connectivity index (χ2n) is 6.01. The summed E-state index contributed by atoms with van der Waals surface area (Å²) in [6.45, 7) is 1.05. The number of likely N-dealkylation sites (N-methyl/N-ethyl adjacent to an activating group) is 1. The number of benzene rings is 2. The molecule has 0 aromatic heterocycles. The third-order valence-corrected chi connectivity index (χ3v) is 5.51. The van der Waals surface area contributed by atoms with Gasteiger partial charge in [-0.25, -0.2) is 0 Å². The summed E-state index contributed by atoms with van der Waals surface area (Å²) in [5.41, 5.74) is 0.900. The predicted octanol–water partition coefficient (Wildman–Crippen LogP) is 4.37. The molecule has 0 unspecified atom stereocenters. The quantitative estimate of drug-likeness (QED) is 0.362. The summed E-state index contributed by atoms with van der Waals surface area (Å²) < 4.78 is 17.4. The SMILES string of the molecule is COc1ccccc1OCCCOc1cccc(/C=C2/SC(=S)N(C)C2=O)c1. The molecule has 146 valence electrons. The summed E-state index contributed by atoms with van der Waals surface area (Å²) in [5, 5.41) is 0. The van der Waals surface area contributed by atoms with Gasteiger partial charge in [0.05, 0.1) is 25.2 Å². The maximum absolute atomic E-state index is 12.1. The van der Waals surface area contributed by atoms with Crippen molar-refractivity contribution in [2.75, 3.05) is 27.4 Å². The molecule has 28 heavy (non-hydrogen) atoms. The average Bonchev–Trinajstić information content (AvgIpc) is 2.95. The van der Waals surface area contributed by atoms with Crippen LogP contribution in [-0.2, 0) is 4.79 Å². The van der Waals surface area contributed by atoms with Gasteiger partial charge >= 0.3 is 0 Å². The van der Waals surface area contributed by atoms with Crippen molar-refractivity contribution in [3.63, 3.8) is 0 Å². The van der Waals surface area contributed by atoms with Crippen LogP contribution >= 0.6 is 24.0 Å². The van der Waals surface area contributed by atoms with Crippen LogP contribution in [-0.4, -0.2) is 42.5 Å². The van der Waals surface area contributed by atoms with Gasteiger partial charge in [0.2, 0.25) is 0 Å². The minimum Gasteiger partial charge on any atom is -0.493 e. The molecule has 7 heteroatoms. The van der Waals surface area contributed by atoms with Crippen molar-refractivity contribution in [3.8, 4) is 17.2 Å². The van der Waals surface area contributed by atoms with E-state index < -0.39 is 0 Å². The lowest BCUT2D eigenvalue weighted by atomic mass is 10.2. The Morgan fingerprint density at radius 2 is 1.82 bits per heavy atom. The molecule has 1 saturated heterocycles. The van der Waals surface area contributed by atoms with Gasteiger partial charge in [0.1, 0.15) is 10.1 Å². The number of carbonyl (C=O) groups is 1. The molecule has 0 spiro atoms. The van der Waals surface area contributed by atoms with E-state index in [1.54, 1.807) is 14.2 Å².